The first-order chi connectivity index (χ1) is 9.92. The van der Waals surface area contributed by atoms with Crippen LogP contribution in [0.25, 0.3) is 6.08 Å². The van der Waals surface area contributed by atoms with E-state index >= 15 is 0 Å². The highest BCUT2D eigenvalue weighted by atomic mass is 19.4. The van der Waals surface area contributed by atoms with Crippen LogP contribution in [0.4, 0.5) is 13.2 Å². The standard InChI is InChI=1S/C16H20BF3O2/c1-11(17-21-14(2,3)15(4,5)22-17)10-12-6-8-13(9-7-12)16(18,19)20/h6-10H,1-5H3/b11-10-. The molecule has 1 saturated heterocycles. The number of alkyl halides is 3. The average molecular weight is 312 g/mol. The fourth-order valence-corrected chi connectivity index (χ4v) is 2.13. The van der Waals surface area contributed by atoms with Gasteiger partial charge in [0.1, 0.15) is 0 Å². The second-order valence-electron chi connectivity index (χ2n) is 6.60. The van der Waals surface area contributed by atoms with E-state index in [1.165, 1.54) is 12.1 Å². The van der Waals surface area contributed by atoms with Crippen molar-refractivity contribution in [3.05, 3.63) is 40.9 Å². The molecule has 0 aromatic heterocycles. The second-order valence-corrected chi connectivity index (χ2v) is 6.60. The summed E-state index contributed by atoms with van der Waals surface area (Å²) < 4.78 is 49.4. The molecule has 120 valence electrons. The van der Waals surface area contributed by atoms with Gasteiger partial charge in [-0.2, -0.15) is 13.2 Å². The van der Waals surface area contributed by atoms with Crippen LogP contribution in [0, 0.1) is 0 Å². The lowest BCUT2D eigenvalue weighted by Gasteiger charge is -2.32. The van der Waals surface area contributed by atoms with Gasteiger partial charge in [0.15, 0.2) is 0 Å². The number of halogens is 3. The summed E-state index contributed by atoms with van der Waals surface area (Å²) in [5, 5.41) is 0. The van der Waals surface area contributed by atoms with Gasteiger partial charge in [0.05, 0.1) is 16.8 Å². The lowest BCUT2D eigenvalue weighted by atomic mass is 9.78. The van der Waals surface area contributed by atoms with Gasteiger partial charge in [0, 0.05) is 0 Å². The normalized spacial score (nSPS) is 21.3. The van der Waals surface area contributed by atoms with Crippen molar-refractivity contribution in [3.8, 4) is 0 Å². The lowest BCUT2D eigenvalue weighted by molar-refractivity contribution is -0.137. The van der Waals surface area contributed by atoms with Crippen LogP contribution in [-0.4, -0.2) is 18.3 Å². The molecule has 0 radical (unpaired) electrons. The van der Waals surface area contributed by atoms with Crippen LogP contribution < -0.4 is 0 Å². The molecule has 6 heteroatoms. The van der Waals surface area contributed by atoms with E-state index in [4.69, 9.17) is 9.31 Å². The Morgan fingerprint density at radius 3 is 1.86 bits per heavy atom. The van der Waals surface area contributed by atoms with E-state index in [1.807, 2.05) is 34.6 Å². The summed E-state index contributed by atoms with van der Waals surface area (Å²) in [7, 11) is -0.493. The van der Waals surface area contributed by atoms with Crippen LogP contribution in [-0.2, 0) is 15.5 Å². The third kappa shape index (κ3) is 3.38. The predicted octanol–water partition coefficient (Wildman–Crippen LogP) is 4.74. The van der Waals surface area contributed by atoms with Gasteiger partial charge < -0.3 is 9.31 Å². The summed E-state index contributed by atoms with van der Waals surface area (Å²) in [6.45, 7) is 9.67. The summed E-state index contributed by atoms with van der Waals surface area (Å²) in [5.41, 5.74) is -0.0311. The van der Waals surface area contributed by atoms with Crippen LogP contribution in [0.15, 0.2) is 29.7 Å². The van der Waals surface area contributed by atoms with Gasteiger partial charge in [0.25, 0.3) is 0 Å². The van der Waals surface area contributed by atoms with Gasteiger partial charge in [-0.1, -0.05) is 18.2 Å². The minimum Gasteiger partial charge on any atom is -0.400 e. The lowest BCUT2D eigenvalue weighted by Crippen LogP contribution is -2.41. The molecular weight excluding hydrogens is 292 g/mol. The van der Waals surface area contributed by atoms with Crippen LogP contribution in [0.2, 0.25) is 0 Å². The Hall–Kier alpha value is -1.27. The molecular formula is C16H20BF3O2. The van der Waals surface area contributed by atoms with Crippen LogP contribution in [0.3, 0.4) is 0 Å². The maximum atomic E-state index is 12.5. The molecule has 1 aliphatic rings. The summed E-state index contributed by atoms with van der Waals surface area (Å²) in [5.74, 6) is 0. The molecule has 1 fully saturated rings. The van der Waals surface area contributed by atoms with Crippen molar-refractivity contribution in [2.24, 2.45) is 0 Å². The van der Waals surface area contributed by atoms with Crippen LogP contribution in [0.5, 0.6) is 0 Å². The molecule has 0 aliphatic carbocycles. The van der Waals surface area contributed by atoms with Crippen LogP contribution in [0.1, 0.15) is 45.7 Å². The molecule has 0 N–H and O–H groups in total. The predicted molar refractivity (Wildman–Crippen MR) is 81.2 cm³/mol. The average Bonchev–Trinajstić information content (AvgIpc) is 2.58. The van der Waals surface area contributed by atoms with Crippen LogP contribution >= 0.6 is 0 Å². The third-order valence-corrected chi connectivity index (χ3v) is 4.26. The van der Waals surface area contributed by atoms with Crippen molar-refractivity contribution in [2.45, 2.75) is 52.0 Å². The summed E-state index contributed by atoms with van der Waals surface area (Å²) >= 11 is 0. The Morgan fingerprint density at radius 2 is 1.45 bits per heavy atom. The molecule has 0 unspecified atom stereocenters. The summed E-state index contributed by atoms with van der Waals surface area (Å²) in [4.78, 5) is 0. The van der Waals surface area contributed by atoms with E-state index in [0.29, 0.717) is 5.56 Å². The molecule has 0 atom stereocenters. The van der Waals surface area contributed by atoms with E-state index in [2.05, 4.69) is 0 Å². The van der Waals surface area contributed by atoms with Gasteiger partial charge >= 0.3 is 13.3 Å². The monoisotopic (exact) mass is 312 g/mol. The van der Waals surface area contributed by atoms with Crippen molar-refractivity contribution >= 4 is 13.2 Å². The maximum Gasteiger partial charge on any atom is 0.490 e. The Bertz CT molecular complexity index is 558. The first kappa shape index (κ1) is 17.1. The first-order valence-corrected chi connectivity index (χ1v) is 7.13. The maximum absolute atomic E-state index is 12.5. The number of benzene rings is 1. The molecule has 1 aromatic rings. The van der Waals surface area contributed by atoms with Gasteiger partial charge in [-0.3, -0.25) is 0 Å². The molecule has 0 amide bonds. The number of hydrogen-bond acceptors (Lipinski definition) is 2. The van der Waals surface area contributed by atoms with Crippen molar-refractivity contribution in [1.82, 2.24) is 0 Å². The molecule has 0 bridgehead atoms. The van der Waals surface area contributed by atoms with Crippen molar-refractivity contribution in [3.63, 3.8) is 0 Å². The highest BCUT2D eigenvalue weighted by Crippen LogP contribution is 2.38. The zero-order chi connectivity index (χ0) is 16.8. The van der Waals surface area contributed by atoms with Crippen molar-refractivity contribution in [1.29, 1.82) is 0 Å². The zero-order valence-corrected chi connectivity index (χ0v) is 13.4. The smallest absolute Gasteiger partial charge is 0.400 e. The minimum atomic E-state index is -4.32. The molecule has 1 aromatic carbocycles. The summed E-state index contributed by atoms with van der Waals surface area (Å²) in [6, 6.07) is 5.03. The molecule has 0 saturated carbocycles. The Kier molecular flexibility index (Phi) is 4.21. The van der Waals surface area contributed by atoms with Gasteiger partial charge in [-0.25, -0.2) is 0 Å². The Balaban J connectivity index is 2.17. The topological polar surface area (TPSA) is 18.5 Å². The Morgan fingerprint density at radius 1 is 1.00 bits per heavy atom. The fraction of sp³-hybridized carbons (Fsp3) is 0.500. The van der Waals surface area contributed by atoms with Crippen molar-refractivity contribution < 1.29 is 22.5 Å². The number of hydrogen-bond donors (Lipinski definition) is 0. The largest absolute Gasteiger partial charge is 0.490 e. The zero-order valence-electron chi connectivity index (χ0n) is 13.4. The van der Waals surface area contributed by atoms with E-state index in [-0.39, 0.29) is 0 Å². The minimum absolute atomic E-state index is 0.438. The molecule has 22 heavy (non-hydrogen) atoms. The molecule has 1 heterocycles. The van der Waals surface area contributed by atoms with Gasteiger partial charge in [0.2, 0.25) is 0 Å². The SMILES string of the molecule is C/C(=C/c1ccc(C(F)(F)F)cc1)B1OC(C)(C)C(C)(C)O1. The van der Waals surface area contributed by atoms with E-state index in [0.717, 1.165) is 17.6 Å². The fourth-order valence-electron chi connectivity index (χ4n) is 2.13. The van der Waals surface area contributed by atoms with Gasteiger partial charge in [-0.05, 0) is 57.8 Å². The molecule has 1 aliphatic heterocycles. The highest BCUT2D eigenvalue weighted by Gasteiger charge is 2.51. The van der Waals surface area contributed by atoms with E-state index in [1.54, 1.807) is 6.08 Å². The molecule has 2 rings (SSSR count). The molecule has 0 spiro atoms. The highest BCUT2D eigenvalue weighted by molar-refractivity contribution is 6.55. The van der Waals surface area contributed by atoms with E-state index < -0.39 is 30.1 Å². The number of rotatable bonds is 2. The number of allylic oxidation sites excluding steroid dienone is 1. The van der Waals surface area contributed by atoms with Crippen molar-refractivity contribution in [2.75, 3.05) is 0 Å². The third-order valence-electron chi connectivity index (χ3n) is 4.26. The van der Waals surface area contributed by atoms with Gasteiger partial charge in [-0.15, -0.1) is 0 Å². The first-order valence-electron chi connectivity index (χ1n) is 7.13. The summed E-state index contributed by atoms with van der Waals surface area (Å²) in [6.07, 6.45) is -2.54. The second kappa shape index (κ2) is 5.42. The van der Waals surface area contributed by atoms with E-state index in [9.17, 15) is 13.2 Å². The molecule has 2 nitrogen and oxygen atoms in total. The quantitative estimate of drug-likeness (QED) is 0.734. The Labute approximate surface area is 129 Å².